The van der Waals surface area contributed by atoms with Crippen molar-refractivity contribution in [3.63, 3.8) is 0 Å². The zero-order valence-electron chi connectivity index (χ0n) is 15.2. The number of carbonyl (C=O) groups excluding carboxylic acids is 1. The number of amides is 1. The molecule has 144 valence electrons. The van der Waals surface area contributed by atoms with Gasteiger partial charge in [0, 0.05) is 30.3 Å². The fraction of sp³-hybridized carbons (Fsp3) is 0.526. The number of anilines is 1. The van der Waals surface area contributed by atoms with E-state index in [1.807, 2.05) is 24.3 Å². The highest BCUT2D eigenvalue weighted by atomic mass is 32.2. The molecule has 1 atom stereocenters. The molecule has 2 fully saturated rings. The Morgan fingerprint density at radius 3 is 2.78 bits per heavy atom. The summed E-state index contributed by atoms with van der Waals surface area (Å²) in [6.45, 7) is 0. The largest absolute Gasteiger partial charge is 0.311 e. The van der Waals surface area contributed by atoms with Gasteiger partial charge in [-0.1, -0.05) is 6.07 Å². The average molecular weight is 388 g/mol. The van der Waals surface area contributed by atoms with Gasteiger partial charge in [0.1, 0.15) is 5.82 Å². The third-order valence-electron chi connectivity index (χ3n) is 5.13. The first-order valence-corrected chi connectivity index (χ1v) is 11.3. The maximum Gasteiger partial charge on any atom is 0.225 e. The highest BCUT2D eigenvalue weighted by molar-refractivity contribution is 7.91. The number of rotatable bonds is 7. The van der Waals surface area contributed by atoms with Crippen molar-refractivity contribution < 1.29 is 13.2 Å². The maximum absolute atomic E-state index is 12.4. The van der Waals surface area contributed by atoms with Crippen LogP contribution < -0.4 is 5.32 Å². The van der Waals surface area contributed by atoms with Crippen LogP contribution in [0.2, 0.25) is 0 Å². The molecule has 0 unspecified atom stereocenters. The highest BCUT2D eigenvalue weighted by Gasteiger charge is 2.34. The second-order valence-corrected chi connectivity index (χ2v) is 9.68. The van der Waals surface area contributed by atoms with Crippen molar-refractivity contribution in [1.82, 2.24) is 14.8 Å². The molecule has 1 saturated carbocycles. The Morgan fingerprint density at radius 1 is 1.26 bits per heavy atom. The van der Waals surface area contributed by atoms with E-state index in [1.54, 1.807) is 10.9 Å². The third-order valence-corrected chi connectivity index (χ3v) is 6.89. The first kappa shape index (κ1) is 18.2. The normalized spacial score (nSPS) is 21.3. The van der Waals surface area contributed by atoms with Crippen molar-refractivity contribution in [2.24, 2.45) is 0 Å². The molecule has 2 aliphatic rings. The van der Waals surface area contributed by atoms with Gasteiger partial charge in [-0.3, -0.25) is 9.78 Å². The van der Waals surface area contributed by atoms with Gasteiger partial charge in [0.25, 0.3) is 0 Å². The van der Waals surface area contributed by atoms with Crippen LogP contribution in [0.1, 0.15) is 55.5 Å². The van der Waals surface area contributed by atoms with E-state index in [-0.39, 0.29) is 23.5 Å². The summed E-state index contributed by atoms with van der Waals surface area (Å²) in [6, 6.07) is 7.49. The second-order valence-electron chi connectivity index (χ2n) is 7.45. The molecule has 1 aliphatic carbocycles. The van der Waals surface area contributed by atoms with Gasteiger partial charge < -0.3 is 5.32 Å². The Kier molecular flexibility index (Phi) is 4.99. The molecule has 0 radical (unpaired) electrons. The molecule has 1 saturated heterocycles. The lowest BCUT2D eigenvalue weighted by molar-refractivity contribution is -0.116. The van der Waals surface area contributed by atoms with Crippen LogP contribution >= 0.6 is 0 Å². The summed E-state index contributed by atoms with van der Waals surface area (Å²) >= 11 is 0. The molecule has 1 N–H and O–H groups in total. The first-order valence-electron chi connectivity index (χ1n) is 9.50. The minimum Gasteiger partial charge on any atom is -0.311 e. The van der Waals surface area contributed by atoms with E-state index in [1.165, 1.54) is 0 Å². The molecule has 1 amide bonds. The molecule has 0 bridgehead atoms. The van der Waals surface area contributed by atoms with Crippen LogP contribution in [0, 0.1) is 0 Å². The summed E-state index contributed by atoms with van der Waals surface area (Å²) < 4.78 is 25.4. The summed E-state index contributed by atoms with van der Waals surface area (Å²) in [5, 5.41) is 7.58. The fourth-order valence-electron chi connectivity index (χ4n) is 3.51. The predicted molar refractivity (Wildman–Crippen MR) is 102 cm³/mol. The van der Waals surface area contributed by atoms with Gasteiger partial charge in [0.05, 0.1) is 23.2 Å². The van der Waals surface area contributed by atoms with Crippen molar-refractivity contribution in [3.05, 3.63) is 41.9 Å². The van der Waals surface area contributed by atoms with E-state index in [0.29, 0.717) is 31.0 Å². The number of nitrogens with one attached hydrogen (secondary N) is 1. The molecule has 27 heavy (non-hydrogen) atoms. The average Bonchev–Trinajstić information content (AvgIpc) is 3.31. The molecule has 4 rings (SSSR count). The van der Waals surface area contributed by atoms with Crippen molar-refractivity contribution in [3.8, 4) is 0 Å². The molecular formula is C19H24N4O3S. The van der Waals surface area contributed by atoms with Crippen molar-refractivity contribution in [2.75, 3.05) is 16.8 Å². The molecule has 0 aromatic carbocycles. The van der Waals surface area contributed by atoms with E-state index in [2.05, 4.69) is 15.4 Å². The van der Waals surface area contributed by atoms with Crippen LogP contribution in [0.25, 0.3) is 0 Å². The lowest BCUT2D eigenvalue weighted by Crippen LogP contribution is -2.19. The van der Waals surface area contributed by atoms with E-state index in [4.69, 9.17) is 0 Å². The number of hydrogen-bond donors (Lipinski definition) is 1. The Hall–Kier alpha value is -2.22. The van der Waals surface area contributed by atoms with Crippen LogP contribution in [-0.4, -0.2) is 40.6 Å². The van der Waals surface area contributed by atoms with Crippen LogP contribution in [-0.2, 0) is 21.1 Å². The molecular weight excluding hydrogens is 364 g/mol. The summed E-state index contributed by atoms with van der Waals surface area (Å²) in [7, 11) is -3.01. The van der Waals surface area contributed by atoms with Gasteiger partial charge in [0.2, 0.25) is 5.91 Å². The molecule has 1 aliphatic heterocycles. The van der Waals surface area contributed by atoms with Gasteiger partial charge >= 0.3 is 0 Å². The topological polar surface area (TPSA) is 93.9 Å². The molecule has 7 nitrogen and oxygen atoms in total. The fourth-order valence-corrected chi connectivity index (χ4v) is 5.21. The van der Waals surface area contributed by atoms with Gasteiger partial charge in [-0.05, 0) is 44.2 Å². The Labute approximate surface area is 159 Å². The highest BCUT2D eigenvalue weighted by Crippen LogP contribution is 2.41. The van der Waals surface area contributed by atoms with E-state index in [9.17, 15) is 13.2 Å². The molecule has 8 heteroatoms. The van der Waals surface area contributed by atoms with E-state index >= 15 is 0 Å². The molecule has 3 heterocycles. The first-order chi connectivity index (χ1) is 13.0. The van der Waals surface area contributed by atoms with Crippen LogP contribution in [0.5, 0.6) is 0 Å². The molecule has 2 aromatic heterocycles. The summed E-state index contributed by atoms with van der Waals surface area (Å²) in [5.41, 5.74) is 1.94. The van der Waals surface area contributed by atoms with Crippen LogP contribution in [0.4, 0.5) is 5.82 Å². The lowest BCUT2D eigenvalue weighted by atomic mass is 10.1. The summed E-state index contributed by atoms with van der Waals surface area (Å²) in [5.74, 6) is 1.29. The summed E-state index contributed by atoms with van der Waals surface area (Å²) in [6.07, 6.45) is 6.38. The number of aromatic nitrogens is 3. The monoisotopic (exact) mass is 388 g/mol. The third kappa shape index (κ3) is 4.55. The number of carbonyl (C=O) groups is 1. The van der Waals surface area contributed by atoms with E-state index < -0.39 is 9.84 Å². The number of sulfone groups is 1. The number of pyridine rings is 1. The maximum atomic E-state index is 12.4. The van der Waals surface area contributed by atoms with Gasteiger partial charge in [-0.2, -0.15) is 5.10 Å². The van der Waals surface area contributed by atoms with Crippen LogP contribution in [0.15, 0.2) is 30.5 Å². The van der Waals surface area contributed by atoms with Crippen LogP contribution in [0.3, 0.4) is 0 Å². The minimum absolute atomic E-state index is 0.0738. The van der Waals surface area contributed by atoms with Crippen molar-refractivity contribution in [2.45, 2.75) is 50.5 Å². The number of nitrogens with zero attached hydrogens (tertiary/aromatic N) is 3. The molecule has 2 aromatic rings. The smallest absolute Gasteiger partial charge is 0.225 e. The van der Waals surface area contributed by atoms with Crippen molar-refractivity contribution >= 4 is 21.6 Å². The Balaban J connectivity index is 1.40. The Bertz CT molecular complexity index is 920. The minimum atomic E-state index is -3.01. The van der Waals surface area contributed by atoms with Gasteiger partial charge in [-0.25, -0.2) is 13.1 Å². The van der Waals surface area contributed by atoms with Crippen molar-refractivity contribution in [1.29, 1.82) is 0 Å². The SMILES string of the molecule is O=C(CCCc1ccccn1)Nc1cc(C2CC2)nn1[C@@H]1CCS(=O)(=O)C1. The Morgan fingerprint density at radius 2 is 2.11 bits per heavy atom. The zero-order chi connectivity index (χ0) is 18.9. The second kappa shape index (κ2) is 7.42. The number of aryl methyl sites for hydroxylation is 1. The van der Waals surface area contributed by atoms with E-state index in [0.717, 1.165) is 30.7 Å². The van der Waals surface area contributed by atoms with Gasteiger partial charge in [-0.15, -0.1) is 0 Å². The summed E-state index contributed by atoms with van der Waals surface area (Å²) in [4.78, 5) is 16.7. The lowest BCUT2D eigenvalue weighted by Gasteiger charge is -2.13. The molecule has 0 spiro atoms. The predicted octanol–water partition coefficient (Wildman–Crippen LogP) is 2.48. The number of hydrogen-bond acceptors (Lipinski definition) is 5. The standard InChI is InChI=1S/C19H24N4O3S/c24-19(6-3-5-15-4-1-2-10-20-15)21-18-12-17(14-7-8-14)22-23(18)16-9-11-27(25,26)13-16/h1-2,4,10,12,14,16H,3,5-9,11,13H2,(H,21,24)/t16-/m1/s1. The zero-order valence-corrected chi connectivity index (χ0v) is 16.0. The quantitative estimate of drug-likeness (QED) is 0.786. The van der Waals surface area contributed by atoms with Gasteiger partial charge in [0.15, 0.2) is 9.84 Å².